The number of hydrogen-bond donors (Lipinski definition) is 0. The minimum atomic E-state index is 0.244. The molecule has 2 aromatic carbocycles. The smallest absolute Gasteiger partial charge is 0.0674 e. The van der Waals surface area contributed by atoms with Crippen LogP contribution in [0.5, 0.6) is 0 Å². The third-order valence-corrected chi connectivity index (χ3v) is 6.14. The average molecular weight is 376 g/mol. The Morgan fingerprint density at radius 1 is 0.483 bits per heavy atom. The third kappa shape index (κ3) is 3.62. The van der Waals surface area contributed by atoms with Crippen molar-refractivity contribution >= 4 is 23.1 Å². The molecule has 4 rings (SSSR count). The fraction of sp³-hybridized carbons (Fsp3) is 0.214. The Balaban J connectivity index is 2.05. The van der Waals surface area contributed by atoms with Gasteiger partial charge in [-0.05, 0) is 52.7 Å². The van der Waals surface area contributed by atoms with Gasteiger partial charge in [0.15, 0.2) is 0 Å². The van der Waals surface area contributed by atoms with Gasteiger partial charge in [0.1, 0.15) is 0 Å². The Bertz CT molecular complexity index is 1030. The lowest BCUT2D eigenvalue weighted by Gasteiger charge is -2.23. The zero-order valence-electron chi connectivity index (χ0n) is 18.4. The van der Waals surface area contributed by atoms with E-state index < -0.39 is 0 Å². The van der Waals surface area contributed by atoms with Crippen LogP contribution in [0.1, 0.15) is 33.4 Å². The standard InChI is InChI=1S/C28H29B/c1-18-12-20(3)27(21(4)13-18)29(28-22(5)14-19(2)15-23(28)6)26-16-24-10-8-7-9-11-25(24)17-26/h7-17H,1-6H3. The maximum atomic E-state index is 2.39. The lowest BCUT2D eigenvalue weighted by atomic mass is 9.34. The van der Waals surface area contributed by atoms with Crippen molar-refractivity contribution in [3.63, 3.8) is 0 Å². The van der Waals surface area contributed by atoms with Crippen LogP contribution in [0.25, 0.3) is 11.1 Å². The molecule has 0 nitrogen and oxygen atoms in total. The summed E-state index contributed by atoms with van der Waals surface area (Å²) in [5.74, 6) is 0. The first-order valence-corrected chi connectivity index (χ1v) is 10.5. The van der Waals surface area contributed by atoms with Crippen LogP contribution in [0.3, 0.4) is 0 Å². The van der Waals surface area contributed by atoms with Gasteiger partial charge < -0.3 is 0 Å². The summed E-state index contributed by atoms with van der Waals surface area (Å²) < 4.78 is 0. The molecule has 0 aromatic heterocycles. The van der Waals surface area contributed by atoms with Crippen LogP contribution in [0, 0.1) is 41.5 Å². The predicted molar refractivity (Wildman–Crippen MR) is 129 cm³/mol. The number of benzene rings is 2. The Labute approximate surface area is 176 Å². The highest BCUT2D eigenvalue weighted by Gasteiger charge is 2.29. The summed E-state index contributed by atoms with van der Waals surface area (Å²) in [4.78, 5) is 0. The van der Waals surface area contributed by atoms with Crippen molar-refractivity contribution < 1.29 is 0 Å². The first kappa shape index (κ1) is 19.5. The topological polar surface area (TPSA) is 0 Å². The molecule has 0 bridgehead atoms. The van der Waals surface area contributed by atoms with Gasteiger partial charge in [0.25, 0.3) is 0 Å². The van der Waals surface area contributed by atoms with E-state index in [1.165, 1.54) is 60.9 Å². The largest absolute Gasteiger partial charge is 0.242 e. The Morgan fingerprint density at radius 3 is 1.24 bits per heavy atom. The first-order valence-electron chi connectivity index (χ1n) is 10.5. The van der Waals surface area contributed by atoms with Gasteiger partial charge in [-0.1, -0.05) is 116 Å². The van der Waals surface area contributed by atoms with Gasteiger partial charge >= 0.3 is 0 Å². The molecule has 0 saturated heterocycles. The summed E-state index contributed by atoms with van der Waals surface area (Å²) in [5.41, 5.74) is 15.1. The molecule has 2 aliphatic carbocycles. The van der Waals surface area contributed by atoms with Crippen LogP contribution >= 0.6 is 0 Å². The van der Waals surface area contributed by atoms with E-state index in [9.17, 15) is 0 Å². The summed E-state index contributed by atoms with van der Waals surface area (Å²) >= 11 is 0. The molecule has 0 unspecified atom stereocenters. The summed E-state index contributed by atoms with van der Waals surface area (Å²) in [6.07, 6.45) is 0. The second kappa shape index (κ2) is 7.56. The van der Waals surface area contributed by atoms with Crippen LogP contribution < -0.4 is 16.4 Å². The molecule has 0 spiro atoms. The van der Waals surface area contributed by atoms with Gasteiger partial charge in [-0.3, -0.25) is 0 Å². The predicted octanol–water partition coefficient (Wildman–Crippen LogP) is 5.16. The van der Waals surface area contributed by atoms with Crippen LogP contribution in [0.15, 0.2) is 66.7 Å². The van der Waals surface area contributed by atoms with Crippen LogP contribution in [-0.2, 0) is 0 Å². The minimum absolute atomic E-state index is 0.244. The first-order chi connectivity index (χ1) is 13.8. The average Bonchev–Trinajstić information content (AvgIpc) is 2.89. The van der Waals surface area contributed by atoms with Crippen molar-refractivity contribution in [2.45, 2.75) is 41.5 Å². The molecule has 2 aromatic rings. The fourth-order valence-corrected chi connectivity index (χ4v) is 5.18. The van der Waals surface area contributed by atoms with Gasteiger partial charge in [-0.25, -0.2) is 0 Å². The van der Waals surface area contributed by atoms with Crippen LogP contribution in [0.2, 0.25) is 0 Å². The maximum absolute atomic E-state index is 2.39. The molecule has 0 radical (unpaired) electrons. The zero-order chi connectivity index (χ0) is 20.7. The molecule has 0 heterocycles. The Kier molecular flexibility index (Phi) is 5.09. The summed E-state index contributed by atoms with van der Waals surface area (Å²) in [6.45, 7) is 13.7. The highest BCUT2D eigenvalue weighted by atomic mass is 14.1. The number of rotatable bonds is 3. The van der Waals surface area contributed by atoms with Crippen LogP contribution in [-0.4, -0.2) is 6.71 Å². The third-order valence-electron chi connectivity index (χ3n) is 6.14. The van der Waals surface area contributed by atoms with E-state index in [4.69, 9.17) is 0 Å². The molecule has 29 heavy (non-hydrogen) atoms. The van der Waals surface area contributed by atoms with Crippen molar-refractivity contribution in [1.29, 1.82) is 0 Å². The molecule has 0 fully saturated rings. The van der Waals surface area contributed by atoms with Crippen molar-refractivity contribution in [3.05, 3.63) is 100 Å². The fourth-order valence-electron chi connectivity index (χ4n) is 5.18. The highest BCUT2D eigenvalue weighted by Crippen LogP contribution is 2.21. The van der Waals surface area contributed by atoms with E-state index in [1.807, 2.05) is 0 Å². The molecule has 2 aliphatic rings. The van der Waals surface area contributed by atoms with Gasteiger partial charge in [-0.2, -0.15) is 0 Å². The van der Waals surface area contributed by atoms with Crippen molar-refractivity contribution in [1.82, 2.24) is 0 Å². The Morgan fingerprint density at radius 2 is 0.862 bits per heavy atom. The number of fused-ring (bicyclic) bond motifs is 1. The van der Waals surface area contributed by atoms with E-state index in [0.29, 0.717) is 0 Å². The van der Waals surface area contributed by atoms with Crippen molar-refractivity contribution in [3.8, 4) is 11.1 Å². The van der Waals surface area contributed by atoms with E-state index in [-0.39, 0.29) is 6.71 Å². The van der Waals surface area contributed by atoms with Gasteiger partial charge in [0.05, 0.1) is 0 Å². The molecule has 0 saturated carbocycles. The second-order valence-corrected chi connectivity index (χ2v) is 8.67. The lowest BCUT2D eigenvalue weighted by molar-refractivity contribution is 1.34. The van der Waals surface area contributed by atoms with Gasteiger partial charge in [-0.15, -0.1) is 0 Å². The minimum Gasteiger partial charge on any atom is -0.0674 e. The van der Waals surface area contributed by atoms with E-state index in [2.05, 4.69) is 108 Å². The van der Waals surface area contributed by atoms with E-state index in [0.717, 1.165) is 0 Å². The van der Waals surface area contributed by atoms with Crippen molar-refractivity contribution in [2.24, 2.45) is 0 Å². The second-order valence-electron chi connectivity index (χ2n) is 8.67. The Hall–Kier alpha value is -2.80. The molecular formula is C28H29B. The maximum Gasteiger partial charge on any atom is 0.242 e. The molecule has 1 heteroatoms. The number of aryl methyl sites for hydroxylation is 6. The molecule has 0 N–H and O–H groups in total. The zero-order valence-corrected chi connectivity index (χ0v) is 18.4. The molecule has 144 valence electrons. The summed E-state index contributed by atoms with van der Waals surface area (Å²) in [5, 5.41) is 0. The number of hydrogen-bond acceptors (Lipinski definition) is 0. The quantitative estimate of drug-likeness (QED) is 0.434. The summed E-state index contributed by atoms with van der Waals surface area (Å²) in [6, 6.07) is 24.9. The monoisotopic (exact) mass is 376 g/mol. The van der Waals surface area contributed by atoms with Gasteiger partial charge in [0, 0.05) is 0 Å². The van der Waals surface area contributed by atoms with E-state index >= 15 is 0 Å². The highest BCUT2D eigenvalue weighted by molar-refractivity contribution is 6.96. The molecule has 0 atom stereocenters. The van der Waals surface area contributed by atoms with Crippen LogP contribution in [0.4, 0.5) is 0 Å². The summed E-state index contributed by atoms with van der Waals surface area (Å²) in [7, 11) is 0. The molecular weight excluding hydrogens is 347 g/mol. The lowest BCUT2D eigenvalue weighted by Crippen LogP contribution is -2.55. The normalized spacial score (nSPS) is 11.1. The van der Waals surface area contributed by atoms with Gasteiger partial charge in [0.2, 0.25) is 6.71 Å². The molecule has 0 amide bonds. The molecule has 0 aliphatic heterocycles. The SMILES string of the molecule is Cc1cc(C)c(B(c2cc3cccccc-3c2)c2c(C)cc(C)cc2C)c(C)c1. The van der Waals surface area contributed by atoms with E-state index in [1.54, 1.807) is 0 Å². The van der Waals surface area contributed by atoms with Crippen molar-refractivity contribution in [2.75, 3.05) is 0 Å².